The molecule has 0 radical (unpaired) electrons. The summed E-state index contributed by atoms with van der Waals surface area (Å²) < 4.78 is 8.59. The second kappa shape index (κ2) is 8.61. The Kier molecular flexibility index (Phi) is 5.73. The Morgan fingerprint density at radius 3 is 2.55 bits per heavy atom. The van der Waals surface area contributed by atoms with E-state index in [0.29, 0.717) is 35.7 Å². The Bertz CT molecular complexity index is 1170. The van der Waals surface area contributed by atoms with Crippen molar-refractivity contribution in [1.29, 1.82) is 0 Å². The maximum atomic E-state index is 13.0. The van der Waals surface area contributed by atoms with Gasteiger partial charge in [0.15, 0.2) is 0 Å². The maximum Gasteiger partial charge on any atom is 0.295 e. The molecule has 1 aliphatic rings. The topological polar surface area (TPSA) is 94.4 Å². The molecular formula is C23H24N4O4. The molecule has 0 unspecified atom stereocenters. The fourth-order valence-corrected chi connectivity index (χ4v) is 3.64. The molecule has 1 saturated heterocycles. The summed E-state index contributed by atoms with van der Waals surface area (Å²) in [5, 5.41) is 5.52. The van der Waals surface area contributed by atoms with Crippen LogP contribution < -0.4 is 16.2 Å². The lowest BCUT2D eigenvalue weighted by molar-refractivity contribution is -0.124. The Morgan fingerprint density at radius 2 is 1.84 bits per heavy atom. The van der Waals surface area contributed by atoms with Crippen LogP contribution in [0.4, 0.5) is 11.4 Å². The Morgan fingerprint density at radius 1 is 1.06 bits per heavy atom. The van der Waals surface area contributed by atoms with Crippen LogP contribution in [-0.2, 0) is 16.6 Å². The van der Waals surface area contributed by atoms with Gasteiger partial charge in [-0.25, -0.2) is 4.68 Å². The summed E-state index contributed by atoms with van der Waals surface area (Å²) in [5.41, 5.74) is 2.06. The molecule has 0 spiro atoms. The van der Waals surface area contributed by atoms with Crippen molar-refractivity contribution in [3.63, 3.8) is 0 Å². The first-order valence-corrected chi connectivity index (χ1v) is 10.1. The minimum atomic E-state index is -0.457. The second-order valence-electron chi connectivity index (χ2n) is 7.46. The van der Waals surface area contributed by atoms with Crippen molar-refractivity contribution >= 4 is 23.2 Å². The Hall–Kier alpha value is -3.65. The zero-order chi connectivity index (χ0) is 22.0. The number of aromatic nitrogens is 2. The molecule has 4 rings (SSSR count). The van der Waals surface area contributed by atoms with Crippen molar-refractivity contribution in [3.05, 3.63) is 76.2 Å². The predicted octanol–water partition coefficient (Wildman–Crippen LogP) is 2.85. The highest BCUT2D eigenvalue weighted by Crippen LogP contribution is 2.18. The average Bonchev–Trinajstić information content (AvgIpc) is 3.39. The van der Waals surface area contributed by atoms with E-state index in [2.05, 4.69) is 10.6 Å². The lowest BCUT2D eigenvalue weighted by atomic mass is 10.1. The summed E-state index contributed by atoms with van der Waals surface area (Å²) in [7, 11) is 1.76. The van der Waals surface area contributed by atoms with Crippen LogP contribution in [0.2, 0.25) is 0 Å². The van der Waals surface area contributed by atoms with Gasteiger partial charge in [0.05, 0.1) is 11.4 Å². The van der Waals surface area contributed by atoms with E-state index >= 15 is 0 Å². The monoisotopic (exact) mass is 420 g/mol. The molecule has 1 aliphatic heterocycles. The summed E-state index contributed by atoms with van der Waals surface area (Å²) in [4.78, 5) is 38.1. The highest BCUT2D eigenvalue weighted by molar-refractivity contribution is 6.05. The number of benzene rings is 2. The summed E-state index contributed by atoms with van der Waals surface area (Å²) in [6.07, 6.45) is 1.09. The van der Waals surface area contributed by atoms with E-state index in [0.717, 1.165) is 6.42 Å². The number of ether oxygens (including phenoxy) is 1. The van der Waals surface area contributed by atoms with E-state index in [9.17, 15) is 14.4 Å². The SMILES string of the molecule is Cc1c(NC(=O)c2cccc(NC(=O)[C@H]3CCCO3)c2)c(=O)n(-c2ccccc2)n1C. The fraction of sp³-hybridized carbons (Fsp3) is 0.261. The first kappa shape index (κ1) is 20.6. The molecule has 0 aliphatic carbocycles. The molecule has 2 amide bonds. The summed E-state index contributed by atoms with van der Waals surface area (Å²) in [6, 6.07) is 15.8. The molecule has 2 N–H and O–H groups in total. The zero-order valence-electron chi connectivity index (χ0n) is 17.4. The van der Waals surface area contributed by atoms with Gasteiger partial charge in [0.2, 0.25) is 0 Å². The van der Waals surface area contributed by atoms with E-state index in [1.165, 1.54) is 4.68 Å². The lowest BCUT2D eigenvalue weighted by Crippen LogP contribution is -2.27. The van der Waals surface area contributed by atoms with Crippen LogP contribution in [0, 0.1) is 6.92 Å². The molecule has 2 aromatic carbocycles. The van der Waals surface area contributed by atoms with Crippen LogP contribution in [0.5, 0.6) is 0 Å². The van der Waals surface area contributed by atoms with Gasteiger partial charge in [-0.2, -0.15) is 0 Å². The largest absolute Gasteiger partial charge is 0.368 e. The third-order valence-corrected chi connectivity index (χ3v) is 5.41. The van der Waals surface area contributed by atoms with Gasteiger partial charge >= 0.3 is 0 Å². The van der Waals surface area contributed by atoms with Crippen molar-refractivity contribution in [3.8, 4) is 5.69 Å². The normalized spacial score (nSPS) is 15.6. The number of carbonyl (C=O) groups is 2. The molecular weight excluding hydrogens is 396 g/mol. The number of hydrogen-bond donors (Lipinski definition) is 2. The van der Waals surface area contributed by atoms with E-state index < -0.39 is 12.0 Å². The molecule has 31 heavy (non-hydrogen) atoms. The van der Waals surface area contributed by atoms with Crippen LogP contribution in [0.3, 0.4) is 0 Å². The summed E-state index contributed by atoms with van der Waals surface area (Å²) in [6.45, 7) is 2.35. The molecule has 1 aromatic heterocycles. The molecule has 160 valence electrons. The summed E-state index contributed by atoms with van der Waals surface area (Å²) >= 11 is 0. The van der Waals surface area contributed by atoms with Crippen molar-refractivity contribution < 1.29 is 14.3 Å². The lowest BCUT2D eigenvalue weighted by Gasteiger charge is -2.11. The van der Waals surface area contributed by atoms with Crippen LogP contribution in [0.15, 0.2) is 59.4 Å². The first-order valence-electron chi connectivity index (χ1n) is 10.1. The third kappa shape index (κ3) is 4.15. The third-order valence-electron chi connectivity index (χ3n) is 5.41. The number of anilines is 2. The first-order chi connectivity index (χ1) is 15.0. The molecule has 0 saturated carbocycles. The number of para-hydroxylation sites is 1. The number of carbonyl (C=O) groups excluding carboxylic acids is 2. The van der Waals surface area contributed by atoms with Crippen molar-refractivity contribution in [1.82, 2.24) is 9.36 Å². The van der Waals surface area contributed by atoms with Gasteiger partial charge in [0.1, 0.15) is 11.8 Å². The molecule has 2 heterocycles. The minimum absolute atomic E-state index is 0.213. The molecule has 8 heteroatoms. The van der Waals surface area contributed by atoms with Gasteiger partial charge in [-0.3, -0.25) is 19.1 Å². The van der Waals surface area contributed by atoms with E-state index in [4.69, 9.17) is 4.74 Å². The number of nitrogens with one attached hydrogen (secondary N) is 2. The van der Waals surface area contributed by atoms with E-state index in [1.807, 2.05) is 30.3 Å². The van der Waals surface area contributed by atoms with Crippen molar-refractivity contribution in [2.45, 2.75) is 25.9 Å². The van der Waals surface area contributed by atoms with Gasteiger partial charge in [0.25, 0.3) is 17.4 Å². The molecule has 8 nitrogen and oxygen atoms in total. The zero-order valence-corrected chi connectivity index (χ0v) is 17.4. The predicted molar refractivity (Wildman–Crippen MR) is 118 cm³/mol. The number of amides is 2. The number of rotatable bonds is 5. The van der Waals surface area contributed by atoms with Gasteiger partial charge in [-0.05, 0) is 50.1 Å². The van der Waals surface area contributed by atoms with Gasteiger partial charge < -0.3 is 15.4 Å². The second-order valence-corrected chi connectivity index (χ2v) is 7.46. The van der Waals surface area contributed by atoms with Gasteiger partial charge in [-0.1, -0.05) is 24.3 Å². The van der Waals surface area contributed by atoms with E-state index in [1.54, 1.807) is 42.9 Å². The van der Waals surface area contributed by atoms with Gasteiger partial charge in [0, 0.05) is 24.9 Å². The minimum Gasteiger partial charge on any atom is -0.368 e. The smallest absolute Gasteiger partial charge is 0.295 e. The standard InChI is InChI=1S/C23H24N4O4/c1-15-20(23(30)27(26(15)2)18-10-4-3-5-11-18)25-21(28)16-8-6-9-17(14-16)24-22(29)19-12-7-13-31-19/h3-6,8-11,14,19H,7,12-13H2,1-2H3,(H,24,29)(H,25,28)/t19-/m1/s1. The Balaban J connectivity index is 1.55. The molecule has 0 bridgehead atoms. The van der Waals surface area contributed by atoms with Crippen LogP contribution >= 0.6 is 0 Å². The molecule has 1 fully saturated rings. The molecule has 3 aromatic rings. The maximum absolute atomic E-state index is 13.0. The van der Waals surface area contributed by atoms with Crippen LogP contribution in [0.25, 0.3) is 5.69 Å². The van der Waals surface area contributed by atoms with Crippen molar-refractivity contribution in [2.75, 3.05) is 17.2 Å². The quantitative estimate of drug-likeness (QED) is 0.664. The highest BCUT2D eigenvalue weighted by atomic mass is 16.5. The highest BCUT2D eigenvalue weighted by Gasteiger charge is 2.24. The van der Waals surface area contributed by atoms with Crippen LogP contribution in [0.1, 0.15) is 28.9 Å². The fourth-order valence-electron chi connectivity index (χ4n) is 3.64. The Labute approximate surface area is 179 Å². The van der Waals surface area contributed by atoms with Crippen LogP contribution in [-0.4, -0.2) is 33.9 Å². The van der Waals surface area contributed by atoms with Crippen molar-refractivity contribution in [2.24, 2.45) is 7.05 Å². The van der Waals surface area contributed by atoms with Gasteiger partial charge in [-0.15, -0.1) is 0 Å². The number of hydrogen-bond acceptors (Lipinski definition) is 4. The molecule has 1 atom stereocenters. The van der Waals surface area contributed by atoms with E-state index in [-0.39, 0.29) is 17.2 Å². The average molecular weight is 420 g/mol. The number of nitrogens with zero attached hydrogens (tertiary/aromatic N) is 2. The summed E-state index contributed by atoms with van der Waals surface area (Å²) in [5.74, 6) is -0.654.